The number of nitro benzene ring substituents is 1. The van der Waals surface area contributed by atoms with E-state index >= 15 is 0 Å². The first-order chi connectivity index (χ1) is 10.6. The lowest BCUT2D eigenvalue weighted by molar-refractivity contribution is -0.385. The summed E-state index contributed by atoms with van der Waals surface area (Å²) in [7, 11) is 0. The maximum Gasteiger partial charge on any atom is 0.433 e. The Morgan fingerprint density at radius 1 is 1.43 bits per heavy atom. The number of ether oxygens (including phenoxy) is 1. The third kappa shape index (κ3) is 3.72. The van der Waals surface area contributed by atoms with Crippen LogP contribution in [0, 0.1) is 21.8 Å². The zero-order valence-electron chi connectivity index (χ0n) is 12.5. The first-order valence-corrected chi connectivity index (χ1v) is 7.02. The Kier molecular flexibility index (Phi) is 4.79. The summed E-state index contributed by atoms with van der Waals surface area (Å²) in [4.78, 5) is 10.7. The normalized spacial score (nSPS) is 22.0. The topological polar surface area (TPSA) is 55.6 Å². The number of rotatable bonds is 4. The maximum absolute atomic E-state index is 14.2. The number of nitrogens with zero attached hydrogens (tertiary/aromatic N) is 2. The number of nitro groups is 1. The first-order valence-electron chi connectivity index (χ1n) is 7.02. The van der Waals surface area contributed by atoms with Gasteiger partial charge in [0.2, 0.25) is 6.23 Å². The molecule has 1 unspecified atom stereocenters. The van der Waals surface area contributed by atoms with Crippen molar-refractivity contribution < 1.29 is 27.2 Å². The molecule has 0 aromatic heterocycles. The van der Waals surface area contributed by atoms with Crippen molar-refractivity contribution in [2.24, 2.45) is 5.92 Å². The average molecular weight is 336 g/mol. The van der Waals surface area contributed by atoms with Crippen molar-refractivity contribution in [2.75, 3.05) is 11.5 Å². The number of alkyl halides is 3. The number of hydrogen-bond acceptors (Lipinski definition) is 4. The van der Waals surface area contributed by atoms with E-state index in [0.29, 0.717) is 12.5 Å². The molecule has 128 valence electrons. The Morgan fingerprint density at radius 3 is 2.57 bits per heavy atom. The molecule has 1 aliphatic heterocycles. The fourth-order valence-electron chi connectivity index (χ4n) is 2.67. The van der Waals surface area contributed by atoms with Crippen LogP contribution in [0.15, 0.2) is 18.2 Å². The van der Waals surface area contributed by atoms with Crippen LogP contribution in [0.2, 0.25) is 0 Å². The van der Waals surface area contributed by atoms with Crippen LogP contribution in [0.25, 0.3) is 0 Å². The van der Waals surface area contributed by atoms with E-state index in [1.807, 2.05) is 13.8 Å². The molecule has 2 rings (SSSR count). The van der Waals surface area contributed by atoms with Gasteiger partial charge in [-0.3, -0.25) is 10.1 Å². The molecular formula is C14H16F4N2O3. The standard InChI is InChI=1S/C14H16F4N2O3/c1-8(2)5-10-7-23-13(14(16,17)18)19(10)12-4-3-9(20(21)22)6-11(12)15/h3-4,6,8,10,13H,5,7H2,1-2H3/t10-,13?/m1/s1. The lowest BCUT2D eigenvalue weighted by atomic mass is 10.0. The second-order valence-electron chi connectivity index (χ2n) is 5.81. The molecule has 0 spiro atoms. The summed E-state index contributed by atoms with van der Waals surface area (Å²) in [5, 5.41) is 10.6. The zero-order valence-corrected chi connectivity index (χ0v) is 12.5. The number of benzene rings is 1. The van der Waals surface area contributed by atoms with E-state index in [1.165, 1.54) is 0 Å². The predicted octanol–water partition coefficient (Wildman–Crippen LogP) is 3.87. The van der Waals surface area contributed by atoms with Gasteiger partial charge in [-0.2, -0.15) is 13.2 Å². The Labute approximate surface area is 130 Å². The molecule has 1 saturated heterocycles. The van der Waals surface area contributed by atoms with Crippen molar-refractivity contribution in [3.05, 3.63) is 34.1 Å². The summed E-state index contributed by atoms with van der Waals surface area (Å²) in [6.45, 7) is 3.50. The van der Waals surface area contributed by atoms with Gasteiger partial charge in [0.05, 0.1) is 29.3 Å². The van der Waals surface area contributed by atoms with Crippen LogP contribution < -0.4 is 4.90 Å². The van der Waals surface area contributed by atoms with Crippen LogP contribution in [0.4, 0.5) is 28.9 Å². The van der Waals surface area contributed by atoms with Gasteiger partial charge in [0.15, 0.2) is 5.82 Å². The molecule has 1 aromatic rings. The highest BCUT2D eigenvalue weighted by molar-refractivity contribution is 5.54. The molecule has 0 aliphatic carbocycles. The van der Waals surface area contributed by atoms with Gasteiger partial charge >= 0.3 is 6.18 Å². The van der Waals surface area contributed by atoms with Gasteiger partial charge in [-0.25, -0.2) is 4.39 Å². The first kappa shape index (κ1) is 17.5. The van der Waals surface area contributed by atoms with Gasteiger partial charge in [0.25, 0.3) is 5.69 Å². The fourth-order valence-corrected chi connectivity index (χ4v) is 2.67. The fraction of sp³-hybridized carbons (Fsp3) is 0.571. The monoisotopic (exact) mass is 336 g/mol. The van der Waals surface area contributed by atoms with Crippen LogP contribution in [0.3, 0.4) is 0 Å². The molecule has 0 bridgehead atoms. The maximum atomic E-state index is 14.2. The van der Waals surface area contributed by atoms with Gasteiger partial charge in [0.1, 0.15) is 0 Å². The largest absolute Gasteiger partial charge is 0.433 e. The zero-order chi connectivity index (χ0) is 17.4. The summed E-state index contributed by atoms with van der Waals surface area (Å²) in [6, 6.07) is 1.94. The van der Waals surface area contributed by atoms with E-state index in [9.17, 15) is 27.7 Å². The number of hydrogen-bond donors (Lipinski definition) is 0. The van der Waals surface area contributed by atoms with Crippen LogP contribution in [0.1, 0.15) is 20.3 Å². The number of anilines is 1. The molecule has 23 heavy (non-hydrogen) atoms. The van der Waals surface area contributed by atoms with E-state index in [2.05, 4.69) is 0 Å². The van der Waals surface area contributed by atoms with Gasteiger partial charge in [0, 0.05) is 6.07 Å². The summed E-state index contributed by atoms with van der Waals surface area (Å²) >= 11 is 0. The van der Waals surface area contributed by atoms with Crippen LogP contribution in [-0.2, 0) is 4.74 Å². The minimum absolute atomic E-state index is 0.0826. The highest BCUT2D eigenvalue weighted by Gasteiger charge is 2.51. The van der Waals surface area contributed by atoms with Crippen molar-refractivity contribution in [1.29, 1.82) is 0 Å². The average Bonchev–Trinajstić information content (AvgIpc) is 2.81. The molecule has 1 fully saturated rings. The minimum Gasteiger partial charge on any atom is -0.348 e. The van der Waals surface area contributed by atoms with Crippen molar-refractivity contribution >= 4 is 11.4 Å². The van der Waals surface area contributed by atoms with Crippen molar-refractivity contribution in [3.63, 3.8) is 0 Å². The van der Waals surface area contributed by atoms with Gasteiger partial charge in [-0.15, -0.1) is 0 Å². The quantitative estimate of drug-likeness (QED) is 0.476. The molecule has 1 aliphatic rings. The number of halogens is 4. The van der Waals surface area contributed by atoms with E-state index in [1.54, 1.807) is 0 Å². The van der Waals surface area contributed by atoms with Crippen LogP contribution in [-0.4, -0.2) is 30.0 Å². The molecule has 1 aromatic carbocycles. The lowest BCUT2D eigenvalue weighted by Gasteiger charge is -2.32. The van der Waals surface area contributed by atoms with E-state index in [0.717, 1.165) is 17.0 Å². The SMILES string of the molecule is CC(C)C[C@@H]1COC(C(F)(F)F)N1c1ccc([N+](=O)[O-])cc1F. The molecule has 9 heteroatoms. The summed E-state index contributed by atoms with van der Waals surface area (Å²) in [5.41, 5.74) is -0.864. The highest BCUT2D eigenvalue weighted by atomic mass is 19.4. The third-order valence-electron chi connectivity index (χ3n) is 3.54. The van der Waals surface area contributed by atoms with E-state index < -0.39 is 34.9 Å². The van der Waals surface area contributed by atoms with E-state index in [-0.39, 0.29) is 18.2 Å². The van der Waals surface area contributed by atoms with Crippen LogP contribution >= 0.6 is 0 Å². The van der Waals surface area contributed by atoms with Gasteiger partial charge in [-0.05, 0) is 18.4 Å². The molecule has 2 atom stereocenters. The van der Waals surface area contributed by atoms with Gasteiger partial charge < -0.3 is 9.64 Å². The second kappa shape index (κ2) is 6.31. The predicted molar refractivity (Wildman–Crippen MR) is 74.6 cm³/mol. The summed E-state index contributed by atoms with van der Waals surface area (Å²) < 4.78 is 58.4. The molecule has 0 saturated carbocycles. The Hall–Kier alpha value is -1.90. The summed E-state index contributed by atoms with van der Waals surface area (Å²) in [6.07, 6.45) is -6.58. The Balaban J connectivity index is 2.42. The van der Waals surface area contributed by atoms with E-state index in [4.69, 9.17) is 4.74 Å². The highest BCUT2D eigenvalue weighted by Crippen LogP contribution is 2.39. The molecule has 5 nitrogen and oxygen atoms in total. The Bertz CT molecular complexity index is 592. The van der Waals surface area contributed by atoms with Crippen molar-refractivity contribution in [1.82, 2.24) is 0 Å². The van der Waals surface area contributed by atoms with Crippen molar-refractivity contribution in [2.45, 2.75) is 38.7 Å². The molecule has 0 N–H and O–H groups in total. The number of non-ortho nitro benzene ring substituents is 1. The molecule has 0 amide bonds. The third-order valence-corrected chi connectivity index (χ3v) is 3.54. The van der Waals surface area contributed by atoms with Crippen molar-refractivity contribution in [3.8, 4) is 0 Å². The minimum atomic E-state index is -4.69. The Morgan fingerprint density at radius 2 is 2.09 bits per heavy atom. The van der Waals surface area contributed by atoms with Gasteiger partial charge in [-0.1, -0.05) is 13.8 Å². The molecule has 0 radical (unpaired) electrons. The smallest absolute Gasteiger partial charge is 0.348 e. The second-order valence-corrected chi connectivity index (χ2v) is 5.81. The summed E-state index contributed by atoms with van der Waals surface area (Å²) in [5.74, 6) is -0.994. The molecular weight excluding hydrogens is 320 g/mol. The van der Waals surface area contributed by atoms with Crippen LogP contribution in [0.5, 0.6) is 0 Å². The lowest BCUT2D eigenvalue weighted by Crippen LogP contribution is -2.46. The molecule has 1 heterocycles.